The molecule has 0 unspecified atom stereocenters. The van der Waals surface area contributed by atoms with Gasteiger partial charge < -0.3 is 15.4 Å². The number of hydrogen-bond acceptors (Lipinski definition) is 3. The molecule has 1 aromatic carbocycles. The molecule has 1 fully saturated rings. The Morgan fingerprint density at radius 3 is 2.72 bits per heavy atom. The monoisotopic (exact) mass is 345 g/mol. The van der Waals surface area contributed by atoms with Gasteiger partial charge in [0.1, 0.15) is 0 Å². The standard InChI is InChI=1S/C20H31N3O2/c1-16(2)17-7-5-8-18(15-17)20(3,4)22-19(24)21-9-6-10-23-11-13-25-14-12-23/h5,7-8,15H,1,6,9-14H2,2-4H3,(H2,21,22,24). The quantitative estimate of drug-likeness (QED) is 0.747. The zero-order valence-electron chi connectivity index (χ0n) is 15.7. The molecule has 5 nitrogen and oxygen atoms in total. The summed E-state index contributed by atoms with van der Waals surface area (Å²) in [5, 5.41) is 6.02. The number of amides is 2. The van der Waals surface area contributed by atoms with Crippen molar-refractivity contribution in [3.05, 3.63) is 42.0 Å². The molecule has 0 radical (unpaired) electrons. The van der Waals surface area contributed by atoms with Crippen molar-refractivity contribution in [3.63, 3.8) is 0 Å². The van der Waals surface area contributed by atoms with Crippen LogP contribution < -0.4 is 10.6 Å². The van der Waals surface area contributed by atoms with Crippen molar-refractivity contribution < 1.29 is 9.53 Å². The van der Waals surface area contributed by atoms with Gasteiger partial charge in [-0.3, -0.25) is 4.90 Å². The molecule has 2 rings (SSSR count). The van der Waals surface area contributed by atoms with Crippen LogP contribution in [0.15, 0.2) is 30.8 Å². The second-order valence-corrected chi connectivity index (χ2v) is 7.17. The van der Waals surface area contributed by atoms with Crippen LogP contribution in [-0.2, 0) is 10.3 Å². The lowest BCUT2D eigenvalue weighted by atomic mass is 9.92. The minimum absolute atomic E-state index is 0.132. The Morgan fingerprint density at radius 2 is 2.04 bits per heavy atom. The fourth-order valence-corrected chi connectivity index (χ4v) is 2.90. The van der Waals surface area contributed by atoms with Gasteiger partial charge in [-0.2, -0.15) is 0 Å². The van der Waals surface area contributed by atoms with E-state index in [1.807, 2.05) is 39.0 Å². The molecule has 0 bridgehead atoms. The molecule has 2 amide bonds. The highest BCUT2D eigenvalue weighted by Gasteiger charge is 2.23. The van der Waals surface area contributed by atoms with E-state index in [4.69, 9.17) is 4.74 Å². The second-order valence-electron chi connectivity index (χ2n) is 7.17. The number of rotatable bonds is 7. The Morgan fingerprint density at radius 1 is 1.32 bits per heavy atom. The molecule has 1 aliphatic rings. The number of allylic oxidation sites excluding steroid dienone is 1. The summed E-state index contributed by atoms with van der Waals surface area (Å²) in [6.45, 7) is 15.3. The third kappa shape index (κ3) is 6.18. The molecule has 25 heavy (non-hydrogen) atoms. The Bertz CT molecular complexity index is 592. The molecule has 2 N–H and O–H groups in total. The van der Waals surface area contributed by atoms with Crippen LogP contribution in [0.1, 0.15) is 38.3 Å². The average Bonchev–Trinajstić information content (AvgIpc) is 2.59. The number of nitrogens with one attached hydrogen (secondary N) is 2. The molecule has 1 saturated heterocycles. The van der Waals surface area contributed by atoms with Gasteiger partial charge in [-0.25, -0.2) is 4.79 Å². The van der Waals surface area contributed by atoms with E-state index >= 15 is 0 Å². The van der Waals surface area contributed by atoms with E-state index in [0.29, 0.717) is 6.54 Å². The normalized spacial score (nSPS) is 15.6. The summed E-state index contributed by atoms with van der Waals surface area (Å²) in [5.41, 5.74) is 2.74. The van der Waals surface area contributed by atoms with Gasteiger partial charge in [-0.1, -0.05) is 30.4 Å². The zero-order valence-corrected chi connectivity index (χ0v) is 15.7. The van der Waals surface area contributed by atoms with Crippen LogP contribution in [0.25, 0.3) is 5.57 Å². The van der Waals surface area contributed by atoms with Crippen LogP contribution in [0.3, 0.4) is 0 Å². The number of carbonyl (C=O) groups excluding carboxylic acids is 1. The Hall–Kier alpha value is -1.85. The number of benzene rings is 1. The van der Waals surface area contributed by atoms with E-state index in [-0.39, 0.29) is 6.03 Å². The van der Waals surface area contributed by atoms with Gasteiger partial charge >= 0.3 is 6.03 Å². The van der Waals surface area contributed by atoms with Gasteiger partial charge in [0.25, 0.3) is 0 Å². The molecule has 1 aliphatic heterocycles. The predicted molar refractivity (Wildman–Crippen MR) is 103 cm³/mol. The van der Waals surface area contributed by atoms with Gasteiger partial charge in [-0.15, -0.1) is 0 Å². The number of morpholine rings is 1. The average molecular weight is 345 g/mol. The van der Waals surface area contributed by atoms with Crippen LogP contribution >= 0.6 is 0 Å². The molecular formula is C20H31N3O2. The first-order valence-electron chi connectivity index (χ1n) is 9.01. The number of carbonyl (C=O) groups is 1. The van der Waals surface area contributed by atoms with Gasteiger partial charge in [0, 0.05) is 19.6 Å². The Labute approximate surface area is 151 Å². The fraction of sp³-hybridized carbons (Fsp3) is 0.550. The molecule has 0 saturated carbocycles. The second kappa shape index (κ2) is 9.02. The summed E-state index contributed by atoms with van der Waals surface area (Å²) in [4.78, 5) is 14.6. The lowest BCUT2D eigenvalue weighted by Crippen LogP contribution is -2.47. The Balaban J connectivity index is 1.78. The van der Waals surface area contributed by atoms with E-state index in [1.54, 1.807) is 0 Å². The third-order valence-electron chi connectivity index (χ3n) is 4.54. The van der Waals surface area contributed by atoms with Crippen molar-refractivity contribution in [3.8, 4) is 0 Å². The van der Waals surface area contributed by atoms with Gasteiger partial charge in [0.05, 0.1) is 18.8 Å². The number of urea groups is 1. The Kier molecular flexibility index (Phi) is 7.02. The van der Waals surface area contributed by atoms with Crippen molar-refractivity contribution in [1.82, 2.24) is 15.5 Å². The van der Waals surface area contributed by atoms with Crippen molar-refractivity contribution in [1.29, 1.82) is 0 Å². The highest BCUT2D eigenvalue weighted by Crippen LogP contribution is 2.23. The van der Waals surface area contributed by atoms with Crippen LogP contribution in [0, 0.1) is 0 Å². The van der Waals surface area contributed by atoms with Crippen molar-refractivity contribution >= 4 is 11.6 Å². The molecule has 5 heteroatoms. The smallest absolute Gasteiger partial charge is 0.315 e. The van der Waals surface area contributed by atoms with Gasteiger partial charge in [-0.05, 0) is 50.9 Å². The highest BCUT2D eigenvalue weighted by atomic mass is 16.5. The summed E-state index contributed by atoms with van der Waals surface area (Å²) in [5.74, 6) is 0. The summed E-state index contributed by atoms with van der Waals surface area (Å²) >= 11 is 0. The number of ether oxygens (including phenoxy) is 1. The summed E-state index contributed by atoms with van der Waals surface area (Å²) < 4.78 is 5.34. The summed E-state index contributed by atoms with van der Waals surface area (Å²) in [6.07, 6.45) is 0.943. The van der Waals surface area contributed by atoms with Crippen LogP contribution in [0.5, 0.6) is 0 Å². The van der Waals surface area contributed by atoms with Gasteiger partial charge in [0.15, 0.2) is 0 Å². The topological polar surface area (TPSA) is 53.6 Å². The fourth-order valence-electron chi connectivity index (χ4n) is 2.90. The van der Waals surface area contributed by atoms with E-state index in [0.717, 1.165) is 56.0 Å². The largest absolute Gasteiger partial charge is 0.379 e. The minimum atomic E-state index is -0.445. The van der Waals surface area contributed by atoms with Gasteiger partial charge in [0.2, 0.25) is 0 Å². The first-order valence-corrected chi connectivity index (χ1v) is 9.01. The third-order valence-corrected chi connectivity index (χ3v) is 4.54. The van der Waals surface area contributed by atoms with Crippen molar-refractivity contribution in [2.75, 3.05) is 39.4 Å². The minimum Gasteiger partial charge on any atom is -0.379 e. The lowest BCUT2D eigenvalue weighted by molar-refractivity contribution is 0.0375. The maximum atomic E-state index is 12.2. The molecular weight excluding hydrogens is 314 g/mol. The molecule has 0 atom stereocenters. The van der Waals surface area contributed by atoms with Crippen molar-refractivity contribution in [2.24, 2.45) is 0 Å². The molecule has 0 spiro atoms. The molecule has 1 heterocycles. The lowest BCUT2D eigenvalue weighted by Gasteiger charge is -2.28. The highest BCUT2D eigenvalue weighted by molar-refractivity contribution is 5.75. The molecule has 0 aromatic heterocycles. The first kappa shape index (κ1) is 19.5. The van der Waals surface area contributed by atoms with Crippen LogP contribution in [-0.4, -0.2) is 50.3 Å². The van der Waals surface area contributed by atoms with E-state index < -0.39 is 5.54 Å². The maximum absolute atomic E-state index is 12.2. The molecule has 1 aromatic rings. The van der Waals surface area contributed by atoms with Crippen molar-refractivity contribution in [2.45, 2.75) is 32.7 Å². The number of hydrogen-bond donors (Lipinski definition) is 2. The number of nitrogens with zero attached hydrogens (tertiary/aromatic N) is 1. The SMILES string of the molecule is C=C(C)c1cccc(C(C)(C)NC(=O)NCCCN2CCOCC2)c1. The molecule has 0 aliphatic carbocycles. The summed E-state index contributed by atoms with van der Waals surface area (Å²) in [7, 11) is 0. The van der Waals surface area contributed by atoms with Crippen LogP contribution in [0.4, 0.5) is 4.79 Å². The zero-order chi connectivity index (χ0) is 18.3. The predicted octanol–water partition coefficient (Wildman–Crippen LogP) is 2.98. The maximum Gasteiger partial charge on any atom is 0.315 e. The molecule has 138 valence electrons. The van der Waals surface area contributed by atoms with E-state index in [9.17, 15) is 4.79 Å². The van der Waals surface area contributed by atoms with Crippen LogP contribution in [0.2, 0.25) is 0 Å². The first-order chi connectivity index (χ1) is 11.9. The van der Waals surface area contributed by atoms with E-state index in [1.165, 1.54) is 0 Å². The van der Waals surface area contributed by atoms with E-state index in [2.05, 4.69) is 28.2 Å². The summed E-state index contributed by atoms with van der Waals surface area (Å²) in [6, 6.07) is 8.02.